The fraction of sp³-hybridized carbons (Fsp3) is 0.636. The van der Waals surface area contributed by atoms with Gasteiger partial charge in [0.2, 0.25) is 0 Å². The van der Waals surface area contributed by atoms with Crippen molar-refractivity contribution in [3.8, 4) is 0 Å². The van der Waals surface area contributed by atoms with E-state index < -0.39 is 18.1 Å². The first kappa shape index (κ1) is 16.5. The second-order valence-electron chi connectivity index (χ2n) is 3.87. The quantitative estimate of drug-likeness (QED) is 0.627. The van der Waals surface area contributed by atoms with Crippen LogP contribution in [0, 0.1) is 5.92 Å². The summed E-state index contributed by atoms with van der Waals surface area (Å²) in [5.41, 5.74) is -0.125. The van der Waals surface area contributed by atoms with E-state index >= 15 is 0 Å². The lowest BCUT2D eigenvalue weighted by molar-refractivity contribution is -0.172. The van der Waals surface area contributed by atoms with Crippen molar-refractivity contribution in [3.05, 3.63) is 11.3 Å². The summed E-state index contributed by atoms with van der Waals surface area (Å²) in [5.74, 6) is -3.20. The highest BCUT2D eigenvalue weighted by Gasteiger charge is 2.39. The molecule has 0 aromatic rings. The van der Waals surface area contributed by atoms with Crippen LogP contribution in [0.5, 0.6) is 0 Å². The molecule has 0 aliphatic rings. The summed E-state index contributed by atoms with van der Waals surface area (Å²) in [6.45, 7) is 6.16. The van der Waals surface area contributed by atoms with E-state index in [0.29, 0.717) is 0 Å². The van der Waals surface area contributed by atoms with Gasteiger partial charge in [0.25, 0.3) is 0 Å². The van der Waals surface area contributed by atoms with Crippen molar-refractivity contribution < 1.29 is 27.5 Å². The Morgan fingerprint density at radius 3 is 2.11 bits per heavy atom. The van der Waals surface area contributed by atoms with Gasteiger partial charge in [-0.2, -0.15) is 13.2 Å². The van der Waals surface area contributed by atoms with Crippen LogP contribution in [-0.4, -0.2) is 24.7 Å². The van der Waals surface area contributed by atoms with Crippen molar-refractivity contribution in [3.63, 3.8) is 0 Å². The first-order chi connectivity index (χ1) is 8.11. The predicted molar refractivity (Wildman–Crippen MR) is 58.4 cm³/mol. The van der Waals surface area contributed by atoms with E-state index in [9.17, 15) is 22.8 Å². The van der Waals surface area contributed by atoms with Crippen LogP contribution < -0.4 is 5.32 Å². The fourth-order valence-corrected chi connectivity index (χ4v) is 1.34. The molecular weight excluding hydrogens is 251 g/mol. The number of hydrogen-bond donors (Lipinski definition) is 1. The molecule has 0 aromatic heterocycles. The molecule has 1 N–H and O–H groups in total. The van der Waals surface area contributed by atoms with Crippen LogP contribution in [0.2, 0.25) is 0 Å². The summed E-state index contributed by atoms with van der Waals surface area (Å²) in [6.07, 6.45) is -4.99. The Bertz CT molecular complexity index is 359. The molecule has 0 heterocycles. The number of allylic oxidation sites excluding steroid dienone is 1. The van der Waals surface area contributed by atoms with E-state index in [-0.39, 0.29) is 23.8 Å². The average Bonchev–Trinajstić information content (AvgIpc) is 2.15. The summed E-state index contributed by atoms with van der Waals surface area (Å²) in [7, 11) is 0. The van der Waals surface area contributed by atoms with E-state index in [2.05, 4.69) is 0 Å². The van der Waals surface area contributed by atoms with E-state index in [1.54, 1.807) is 26.1 Å². The smallest absolute Gasteiger partial charge is 0.463 e. The molecular formula is C11H16F3NO3. The van der Waals surface area contributed by atoms with Gasteiger partial charge >= 0.3 is 18.1 Å². The Kier molecular flexibility index (Phi) is 5.87. The molecule has 0 saturated carbocycles. The van der Waals surface area contributed by atoms with Crippen LogP contribution in [0.3, 0.4) is 0 Å². The van der Waals surface area contributed by atoms with Crippen molar-refractivity contribution in [1.82, 2.24) is 5.32 Å². The normalized spacial score (nSPS) is 13.1. The molecule has 0 radical (unpaired) electrons. The molecule has 0 fully saturated rings. The van der Waals surface area contributed by atoms with Crippen LogP contribution in [0.1, 0.15) is 27.7 Å². The van der Waals surface area contributed by atoms with E-state index in [4.69, 9.17) is 4.74 Å². The number of hydrogen-bond acceptors (Lipinski definition) is 3. The van der Waals surface area contributed by atoms with Crippen LogP contribution in [0.4, 0.5) is 13.2 Å². The molecule has 0 rings (SSSR count). The molecule has 0 spiro atoms. The molecule has 0 aliphatic carbocycles. The minimum atomic E-state index is -4.99. The summed E-state index contributed by atoms with van der Waals surface area (Å²) in [5, 5.41) is 1.66. The van der Waals surface area contributed by atoms with Gasteiger partial charge in [-0.3, -0.25) is 4.79 Å². The van der Waals surface area contributed by atoms with Gasteiger partial charge in [0.05, 0.1) is 12.2 Å². The van der Waals surface area contributed by atoms with E-state index in [1.807, 2.05) is 0 Å². The molecule has 18 heavy (non-hydrogen) atoms. The predicted octanol–water partition coefficient (Wildman–Crippen LogP) is 2.16. The SMILES string of the molecule is CCOC(=O)/C(=C(\C)NC(=O)C(F)(F)F)C(C)C. The molecule has 4 nitrogen and oxygen atoms in total. The van der Waals surface area contributed by atoms with Gasteiger partial charge in [0, 0.05) is 5.70 Å². The zero-order valence-electron chi connectivity index (χ0n) is 10.6. The molecule has 0 unspecified atom stereocenters. The Morgan fingerprint density at radius 1 is 1.28 bits per heavy atom. The van der Waals surface area contributed by atoms with Crippen LogP contribution in [-0.2, 0) is 14.3 Å². The van der Waals surface area contributed by atoms with E-state index in [0.717, 1.165) is 0 Å². The Morgan fingerprint density at radius 2 is 1.78 bits per heavy atom. The molecule has 1 amide bonds. The van der Waals surface area contributed by atoms with Gasteiger partial charge in [0.15, 0.2) is 0 Å². The molecule has 0 bridgehead atoms. The topological polar surface area (TPSA) is 55.4 Å². The first-order valence-electron chi connectivity index (χ1n) is 5.37. The van der Waals surface area contributed by atoms with Gasteiger partial charge < -0.3 is 10.1 Å². The monoisotopic (exact) mass is 267 g/mol. The third-order valence-corrected chi connectivity index (χ3v) is 2.04. The third-order valence-electron chi connectivity index (χ3n) is 2.04. The van der Waals surface area contributed by atoms with Crippen molar-refractivity contribution in [2.24, 2.45) is 5.92 Å². The maximum atomic E-state index is 12.1. The maximum absolute atomic E-state index is 12.1. The van der Waals surface area contributed by atoms with Crippen molar-refractivity contribution >= 4 is 11.9 Å². The Balaban J connectivity index is 5.13. The lowest BCUT2D eigenvalue weighted by atomic mass is 10.0. The highest BCUT2D eigenvalue weighted by atomic mass is 19.4. The van der Waals surface area contributed by atoms with Crippen molar-refractivity contribution in [2.45, 2.75) is 33.9 Å². The van der Waals surface area contributed by atoms with Crippen molar-refractivity contribution in [2.75, 3.05) is 6.61 Å². The van der Waals surface area contributed by atoms with Crippen LogP contribution >= 0.6 is 0 Å². The highest BCUT2D eigenvalue weighted by Crippen LogP contribution is 2.18. The summed E-state index contributed by atoms with van der Waals surface area (Å²) in [4.78, 5) is 22.3. The summed E-state index contributed by atoms with van der Waals surface area (Å²) in [6, 6.07) is 0. The van der Waals surface area contributed by atoms with E-state index in [1.165, 1.54) is 6.92 Å². The van der Waals surface area contributed by atoms with Crippen molar-refractivity contribution in [1.29, 1.82) is 0 Å². The number of esters is 1. The zero-order chi connectivity index (χ0) is 14.5. The lowest BCUT2D eigenvalue weighted by Gasteiger charge is -2.16. The number of rotatable bonds is 4. The van der Waals surface area contributed by atoms with Gasteiger partial charge in [-0.15, -0.1) is 0 Å². The molecule has 0 atom stereocenters. The van der Waals surface area contributed by atoms with Crippen LogP contribution in [0.25, 0.3) is 0 Å². The molecule has 0 aliphatic heterocycles. The average molecular weight is 267 g/mol. The second kappa shape index (κ2) is 6.42. The maximum Gasteiger partial charge on any atom is 0.471 e. The number of alkyl halides is 3. The second-order valence-corrected chi connectivity index (χ2v) is 3.87. The molecule has 0 saturated heterocycles. The summed E-state index contributed by atoms with van der Waals surface area (Å²) < 4.78 is 40.9. The molecule has 104 valence electrons. The largest absolute Gasteiger partial charge is 0.471 e. The third kappa shape index (κ3) is 4.77. The number of halogens is 3. The fourth-order valence-electron chi connectivity index (χ4n) is 1.34. The number of ether oxygens (including phenoxy) is 1. The number of carbonyl (C=O) groups excluding carboxylic acids is 2. The minimum Gasteiger partial charge on any atom is -0.463 e. The Labute approximate surface area is 103 Å². The molecule has 7 heteroatoms. The van der Waals surface area contributed by atoms with Gasteiger partial charge in [-0.25, -0.2) is 4.79 Å². The Hall–Kier alpha value is -1.53. The van der Waals surface area contributed by atoms with Crippen LogP contribution in [0.15, 0.2) is 11.3 Å². The molecule has 0 aromatic carbocycles. The van der Waals surface area contributed by atoms with Gasteiger partial charge in [-0.05, 0) is 19.8 Å². The highest BCUT2D eigenvalue weighted by molar-refractivity contribution is 5.91. The summed E-state index contributed by atoms with van der Waals surface area (Å²) >= 11 is 0. The zero-order valence-corrected chi connectivity index (χ0v) is 10.6. The lowest BCUT2D eigenvalue weighted by Crippen LogP contribution is -2.37. The van der Waals surface area contributed by atoms with Gasteiger partial charge in [-0.1, -0.05) is 13.8 Å². The first-order valence-corrected chi connectivity index (χ1v) is 5.37. The number of nitrogens with one attached hydrogen (secondary N) is 1. The van der Waals surface area contributed by atoms with Gasteiger partial charge in [0.1, 0.15) is 0 Å². The minimum absolute atomic E-state index is 0.0226. The number of amides is 1. The number of carbonyl (C=O) groups is 2. The standard InChI is InChI=1S/C11H16F3NO3/c1-5-18-9(16)8(6(2)3)7(4)15-10(17)11(12,13)14/h6H,5H2,1-4H3,(H,15,17)/b8-7+.